The Balaban J connectivity index is 2.69. The number of hydrogen-bond acceptors (Lipinski definition) is 4. The van der Waals surface area contributed by atoms with Crippen LogP contribution >= 0.6 is 0 Å². The summed E-state index contributed by atoms with van der Waals surface area (Å²) in [6.07, 6.45) is 0.0297. The molecule has 7 heteroatoms. The molecule has 108 valence electrons. The quantitative estimate of drug-likeness (QED) is 0.745. The molecule has 1 aliphatic rings. The fourth-order valence-electron chi connectivity index (χ4n) is 2.04. The molecule has 1 aliphatic heterocycles. The first-order valence-corrected chi connectivity index (χ1v) is 9.22. The number of ether oxygens (including phenoxy) is 1. The molecule has 1 fully saturated rings. The fraction of sp³-hybridized carbons (Fsp3) is 1.00. The fourth-order valence-corrected chi connectivity index (χ4v) is 5.43. The summed E-state index contributed by atoms with van der Waals surface area (Å²) in [6, 6.07) is 0. The van der Waals surface area contributed by atoms with E-state index in [1.54, 1.807) is 0 Å². The van der Waals surface area contributed by atoms with Gasteiger partial charge in [0.15, 0.2) is 0 Å². The lowest BCUT2D eigenvalue weighted by Gasteiger charge is -2.40. The zero-order valence-corrected chi connectivity index (χ0v) is 13.1. The van der Waals surface area contributed by atoms with Gasteiger partial charge in [0.1, 0.15) is 0 Å². The van der Waals surface area contributed by atoms with Crippen LogP contribution in [0.1, 0.15) is 27.7 Å². The summed E-state index contributed by atoms with van der Waals surface area (Å²) in [5.74, 6) is 0.812. The van der Waals surface area contributed by atoms with Crippen molar-refractivity contribution >= 4 is 20.8 Å². The maximum absolute atomic E-state index is 12.2. The van der Waals surface area contributed by atoms with Gasteiger partial charge in [-0.15, -0.1) is 0 Å². The highest BCUT2D eigenvalue weighted by atomic mass is 32.2. The standard InChI is InChI=1S/C11H23NO4S2/c1-10(2)16-6-8-18(14,15)12-5-7-17(13)9-11(12,3)4/h10H,5-9H2,1-4H3. The Bertz CT molecular complexity index is 403. The van der Waals surface area contributed by atoms with Crippen molar-refractivity contribution in [1.82, 2.24) is 4.31 Å². The Hall–Kier alpha value is 0.0200. The van der Waals surface area contributed by atoms with Gasteiger partial charge >= 0.3 is 0 Å². The van der Waals surface area contributed by atoms with Gasteiger partial charge < -0.3 is 4.74 Å². The summed E-state index contributed by atoms with van der Waals surface area (Å²) in [7, 11) is -4.25. The average Bonchev–Trinajstić information content (AvgIpc) is 2.13. The molecule has 18 heavy (non-hydrogen) atoms. The summed E-state index contributed by atoms with van der Waals surface area (Å²) in [4.78, 5) is 0. The minimum Gasteiger partial charge on any atom is -0.378 e. The van der Waals surface area contributed by atoms with Crippen molar-refractivity contribution in [1.29, 1.82) is 0 Å². The van der Waals surface area contributed by atoms with E-state index in [-0.39, 0.29) is 18.5 Å². The average molecular weight is 297 g/mol. The number of rotatable bonds is 5. The maximum atomic E-state index is 12.2. The second kappa shape index (κ2) is 5.98. The van der Waals surface area contributed by atoms with Crippen LogP contribution in [0.25, 0.3) is 0 Å². The molecule has 1 unspecified atom stereocenters. The second-order valence-corrected chi connectivity index (χ2v) is 9.00. The minimum atomic E-state index is -3.34. The minimum absolute atomic E-state index is 0.0127. The predicted octanol–water partition coefficient (Wildman–Crippen LogP) is 0.584. The molecular weight excluding hydrogens is 274 g/mol. The molecule has 0 spiro atoms. The van der Waals surface area contributed by atoms with Crippen LogP contribution in [0.5, 0.6) is 0 Å². The van der Waals surface area contributed by atoms with E-state index in [2.05, 4.69) is 0 Å². The van der Waals surface area contributed by atoms with Crippen LogP contribution in [0, 0.1) is 0 Å². The van der Waals surface area contributed by atoms with Gasteiger partial charge in [-0.2, -0.15) is 4.31 Å². The first-order chi connectivity index (χ1) is 8.15. The lowest BCUT2D eigenvalue weighted by molar-refractivity contribution is 0.0902. The Morgan fingerprint density at radius 2 is 2.00 bits per heavy atom. The van der Waals surface area contributed by atoms with Crippen molar-refractivity contribution in [2.24, 2.45) is 0 Å². The van der Waals surface area contributed by atoms with E-state index in [4.69, 9.17) is 4.74 Å². The van der Waals surface area contributed by atoms with Gasteiger partial charge in [-0.1, -0.05) is 0 Å². The van der Waals surface area contributed by atoms with E-state index in [0.29, 0.717) is 18.1 Å². The lowest BCUT2D eigenvalue weighted by atomic mass is 10.1. The third-order valence-electron chi connectivity index (χ3n) is 2.84. The Morgan fingerprint density at radius 1 is 1.39 bits per heavy atom. The van der Waals surface area contributed by atoms with Gasteiger partial charge in [0.2, 0.25) is 10.0 Å². The van der Waals surface area contributed by atoms with Crippen molar-refractivity contribution < 1.29 is 17.4 Å². The highest BCUT2D eigenvalue weighted by molar-refractivity contribution is 7.89. The van der Waals surface area contributed by atoms with Crippen molar-refractivity contribution in [2.75, 3.05) is 30.4 Å². The molecule has 1 saturated heterocycles. The second-order valence-electron chi connectivity index (χ2n) is 5.41. The van der Waals surface area contributed by atoms with E-state index in [1.165, 1.54) is 4.31 Å². The van der Waals surface area contributed by atoms with Gasteiger partial charge in [-0.25, -0.2) is 8.42 Å². The SMILES string of the molecule is CC(C)OCCS(=O)(=O)N1CCS(=O)CC1(C)C. The molecule has 0 amide bonds. The van der Waals surface area contributed by atoms with Crippen LogP contribution in [0.3, 0.4) is 0 Å². The molecular formula is C11H23NO4S2. The Kier molecular flexibility index (Phi) is 5.34. The summed E-state index contributed by atoms with van der Waals surface area (Å²) >= 11 is 0. The molecule has 1 rings (SSSR count). The number of sulfonamides is 1. The number of nitrogens with zero attached hydrogens (tertiary/aromatic N) is 1. The molecule has 0 radical (unpaired) electrons. The third kappa shape index (κ3) is 4.29. The Morgan fingerprint density at radius 3 is 2.50 bits per heavy atom. The van der Waals surface area contributed by atoms with Gasteiger partial charge in [-0.05, 0) is 27.7 Å². The molecule has 0 N–H and O–H groups in total. The predicted molar refractivity (Wildman–Crippen MR) is 73.5 cm³/mol. The van der Waals surface area contributed by atoms with Gasteiger partial charge in [0.25, 0.3) is 0 Å². The van der Waals surface area contributed by atoms with E-state index in [1.807, 2.05) is 27.7 Å². The molecule has 5 nitrogen and oxygen atoms in total. The molecule has 0 aromatic heterocycles. The monoisotopic (exact) mass is 297 g/mol. The zero-order chi connectivity index (χ0) is 14.0. The van der Waals surface area contributed by atoms with Crippen LogP contribution < -0.4 is 0 Å². The van der Waals surface area contributed by atoms with Crippen LogP contribution in [-0.2, 0) is 25.6 Å². The molecule has 0 bridgehead atoms. The normalized spacial score (nSPS) is 25.5. The van der Waals surface area contributed by atoms with E-state index < -0.39 is 26.4 Å². The molecule has 0 aliphatic carbocycles. The van der Waals surface area contributed by atoms with Gasteiger partial charge in [0.05, 0.1) is 18.5 Å². The zero-order valence-electron chi connectivity index (χ0n) is 11.5. The van der Waals surface area contributed by atoms with E-state index >= 15 is 0 Å². The van der Waals surface area contributed by atoms with Crippen molar-refractivity contribution in [2.45, 2.75) is 39.3 Å². The van der Waals surface area contributed by atoms with Crippen LogP contribution in [0.4, 0.5) is 0 Å². The van der Waals surface area contributed by atoms with Crippen LogP contribution in [-0.4, -0.2) is 59.0 Å². The lowest BCUT2D eigenvalue weighted by Crippen LogP contribution is -2.56. The topological polar surface area (TPSA) is 63.7 Å². The molecule has 0 aromatic carbocycles. The van der Waals surface area contributed by atoms with Gasteiger partial charge in [-0.3, -0.25) is 4.21 Å². The summed E-state index contributed by atoms with van der Waals surface area (Å²) in [6.45, 7) is 7.94. The van der Waals surface area contributed by atoms with Crippen molar-refractivity contribution in [3.8, 4) is 0 Å². The first-order valence-electron chi connectivity index (χ1n) is 6.12. The smallest absolute Gasteiger partial charge is 0.216 e. The summed E-state index contributed by atoms with van der Waals surface area (Å²) < 4.78 is 42.8. The van der Waals surface area contributed by atoms with E-state index in [0.717, 1.165) is 0 Å². The van der Waals surface area contributed by atoms with E-state index in [9.17, 15) is 12.6 Å². The highest BCUT2D eigenvalue weighted by Gasteiger charge is 2.40. The summed E-state index contributed by atoms with van der Waals surface area (Å²) in [5, 5.41) is 0. The summed E-state index contributed by atoms with van der Waals surface area (Å²) in [5.41, 5.74) is -0.570. The van der Waals surface area contributed by atoms with Crippen molar-refractivity contribution in [3.63, 3.8) is 0 Å². The molecule has 1 atom stereocenters. The number of hydrogen-bond donors (Lipinski definition) is 0. The molecule has 0 saturated carbocycles. The molecule has 1 heterocycles. The highest BCUT2D eigenvalue weighted by Crippen LogP contribution is 2.24. The third-order valence-corrected chi connectivity index (χ3v) is 6.54. The van der Waals surface area contributed by atoms with Crippen LogP contribution in [0.15, 0.2) is 0 Å². The maximum Gasteiger partial charge on any atom is 0.216 e. The van der Waals surface area contributed by atoms with Crippen LogP contribution in [0.2, 0.25) is 0 Å². The first kappa shape index (κ1) is 16.1. The largest absolute Gasteiger partial charge is 0.378 e. The van der Waals surface area contributed by atoms with Gasteiger partial charge in [0, 0.05) is 34.4 Å². The van der Waals surface area contributed by atoms with Crippen molar-refractivity contribution in [3.05, 3.63) is 0 Å². The Labute approximate surface area is 112 Å². The molecule has 0 aromatic rings.